The van der Waals surface area contributed by atoms with Crippen molar-refractivity contribution in [2.75, 3.05) is 19.6 Å². The van der Waals surface area contributed by atoms with Crippen LogP contribution in [0.3, 0.4) is 0 Å². The molecule has 3 rings (SSSR count). The zero-order valence-electron chi connectivity index (χ0n) is 13.6. The van der Waals surface area contributed by atoms with E-state index in [4.69, 9.17) is 4.42 Å². The van der Waals surface area contributed by atoms with Gasteiger partial charge in [-0.25, -0.2) is 0 Å². The van der Waals surface area contributed by atoms with Gasteiger partial charge in [-0.05, 0) is 62.3 Å². The first-order valence-electron chi connectivity index (χ1n) is 8.18. The van der Waals surface area contributed by atoms with Crippen molar-refractivity contribution < 1.29 is 22.4 Å². The summed E-state index contributed by atoms with van der Waals surface area (Å²) in [6, 6.07) is 7.81. The highest BCUT2D eigenvalue weighted by Gasteiger charge is 2.30. The maximum absolute atomic E-state index is 12.6. The Balaban J connectivity index is 1.65. The van der Waals surface area contributed by atoms with Crippen molar-refractivity contribution in [2.24, 2.45) is 0 Å². The minimum atomic E-state index is -4.41. The molecule has 7 heteroatoms. The van der Waals surface area contributed by atoms with Crippen LogP contribution in [0.4, 0.5) is 13.2 Å². The maximum Gasteiger partial charge on any atom is 0.416 e. The van der Waals surface area contributed by atoms with Crippen molar-refractivity contribution in [2.45, 2.75) is 25.1 Å². The van der Waals surface area contributed by atoms with Crippen LogP contribution in [0.2, 0.25) is 0 Å². The van der Waals surface area contributed by atoms with E-state index in [0.29, 0.717) is 6.54 Å². The molecule has 25 heavy (non-hydrogen) atoms. The van der Waals surface area contributed by atoms with Gasteiger partial charge in [0.05, 0.1) is 17.9 Å². The van der Waals surface area contributed by atoms with Crippen LogP contribution >= 0.6 is 0 Å². The van der Waals surface area contributed by atoms with E-state index in [9.17, 15) is 18.0 Å². The van der Waals surface area contributed by atoms with Gasteiger partial charge in [-0.3, -0.25) is 9.69 Å². The minimum absolute atomic E-state index is 0.0732. The number of benzene rings is 1. The average molecular weight is 352 g/mol. The Labute approximate surface area is 143 Å². The van der Waals surface area contributed by atoms with Crippen LogP contribution in [0.25, 0.3) is 0 Å². The third kappa shape index (κ3) is 4.22. The molecule has 0 spiro atoms. The van der Waals surface area contributed by atoms with Gasteiger partial charge in [0.1, 0.15) is 5.76 Å². The summed E-state index contributed by atoms with van der Waals surface area (Å²) < 4.78 is 43.2. The first-order valence-corrected chi connectivity index (χ1v) is 8.18. The molecule has 0 radical (unpaired) electrons. The Morgan fingerprint density at radius 2 is 1.84 bits per heavy atom. The van der Waals surface area contributed by atoms with Crippen molar-refractivity contribution >= 4 is 5.91 Å². The lowest BCUT2D eigenvalue weighted by Crippen LogP contribution is -2.36. The van der Waals surface area contributed by atoms with Crippen LogP contribution in [0, 0.1) is 0 Å². The summed E-state index contributed by atoms with van der Waals surface area (Å²) in [6.45, 7) is 2.20. The first kappa shape index (κ1) is 17.5. The molecule has 4 nitrogen and oxygen atoms in total. The molecule has 1 atom stereocenters. The van der Waals surface area contributed by atoms with Gasteiger partial charge in [0, 0.05) is 12.1 Å². The van der Waals surface area contributed by atoms with Crippen LogP contribution < -0.4 is 5.32 Å². The van der Waals surface area contributed by atoms with Crippen LogP contribution in [-0.2, 0) is 6.18 Å². The Hall–Kier alpha value is -2.28. The number of furan rings is 1. The third-order valence-electron chi connectivity index (χ3n) is 4.38. The summed E-state index contributed by atoms with van der Waals surface area (Å²) in [6.07, 6.45) is -0.612. The first-order chi connectivity index (χ1) is 11.9. The van der Waals surface area contributed by atoms with Crippen LogP contribution in [-0.4, -0.2) is 30.4 Å². The summed E-state index contributed by atoms with van der Waals surface area (Å²) in [5, 5.41) is 2.80. The second-order valence-corrected chi connectivity index (χ2v) is 6.06. The fraction of sp³-hybridized carbons (Fsp3) is 0.389. The van der Waals surface area contributed by atoms with Gasteiger partial charge in [-0.2, -0.15) is 13.2 Å². The molecule has 1 aromatic heterocycles. The Morgan fingerprint density at radius 1 is 1.16 bits per heavy atom. The van der Waals surface area contributed by atoms with Crippen molar-refractivity contribution in [3.05, 3.63) is 59.5 Å². The Kier molecular flexibility index (Phi) is 5.13. The highest BCUT2D eigenvalue weighted by Crippen LogP contribution is 2.29. The fourth-order valence-electron chi connectivity index (χ4n) is 3.05. The topological polar surface area (TPSA) is 45.5 Å². The quantitative estimate of drug-likeness (QED) is 0.889. The Morgan fingerprint density at radius 3 is 2.40 bits per heavy atom. The number of alkyl halides is 3. The zero-order valence-corrected chi connectivity index (χ0v) is 13.6. The lowest BCUT2D eigenvalue weighted by molar-refractivity contribution is -0.137. The lowest BCUT2D eigenvalue weighted by Gasteiger charge is -2.26. The van der Waals surface area contributed by atoms with Gasteiger partial charge in [0.25, 0.3) is 5.91 Å². The fourth-order valence-corrected chi connectivity index (χ4v) is 3.05. The molecule has 1 N–H and O–H groups in total. The summed E-state index contributed by atoms with van der Waals surface area (Å²) >= 11 is 0. The number of rotatable bonds is 5. The molecule has 1 aromatic carbocycles. The third-order valence-corrected chi connectivity index (χ3v) is 4.38. The number of nitrogens with one attached hydrogen (secondary N) is 1. The average Bonchev–Trinajstić information content (AvgIpc) is 3.28. The van der Waals surface area contributed by atoms with Gasteiger partial charge in [0.2, 0.25) is 0 Å². The van der Waals surface area contributed by atoms with Crippen LogP contribution in [0.1, 0.15) is 40.6 Å². The highest BCUT2D eigenvalue weighted by molar-refractivity contribution is 5.94. The molecule has 1 amide bonds. The molecule has 134 valence electrons. The SMILES string of the molecule is O=C(NC[C@@H](c1ccco1)N1CCCC1)c1ccc(C(F)(F)F)cc1. The number of carbonyl (C=O) groups excluding carboxylic acids is 1. The molecule has 0 saturated carbocycles. The Bertz CT molecular complexity index is 690. The van der Waals surface area contributed by atoms with Gasteiger partial charge < -0.3 is 9.73 Å². The van der Waals surface area contributed by atoms with E-state index >= 15 is 0 Å². The number of likely N-dealkylation sites (tertiary alicyclic amines) is 1. The van der Waals surface area contributed by atoms with E-state index in [1.807, 2.05) is 6.07 Å². The molecule has 0 aliphatic carbocycles. The van der Waals surface area contributed by atoms with Crippen molar-refractivity contribution in [1.82, 2.24) is 10.2 Å². The molecule has 2 aromatic rings. The number of carbonyl (C=O) groups is 1. The highest BCUT2D eigenvalue weighted by atomic mass is 19.4. The molecular formula is C18H19F3N2O2. The number of amides is 1. The van der Waals surface area contributed by atoms with Crippen molar-refractivity contribution in [1.29, 1.82) is 0 Å². The molecule has 1 saturated heterocycles. The molecule has 1 aliphatic heterocycles. The normalized spacial score (nSPS) is 16.8. The summed E-state index contributed by atoms with van der Waals surface area (Å²) in [4.78, 5) is 14.5. The lowest BCUT2D eigenvalue weighted by atomic mass is 10.1. The predicted octanol–water partition coefficient (Wildman–Crippen LogP) is 3.87. The molecule has 2 heterocycles. The zero-order chi connectivity index (χ0) is 17.9. The van der Waals surface area contributed by atoms with Crippen molar-refractivity contribution in [3.8, 4) is 0 Å². The van der Waals surface area contributed by atoms with Crippen LogP contribution in [0.15, 0.2) is 47.1 Å². The van der Waals surface area contributed by atoms with E-state index in [1.165, 1.54) is 12.1 Å². The van der Waals surface area contributed by atoms with Crippen LogP contribution in [0.5, 0.6) is 0 Å². The minimum Gasteiger partial charge on any atom is -0.468 e. The molecule has 0 unspecified atom stereocenters. The molecule has 1 aliphatic rings. The number of halogens is 3. The monoisotopic (exact) mass is 352 g/mol. The van der Waals surface area contributed by atoms with E-state index in [2.05, 4.69) is 10.2 Å². The van der Waals surface area contributed by atoms with E-state index in [0.717, 1.165) is 43.8 Å². The molecule has 0 bridgehead atoms. The summed E-state index contributed by atoms with van der Waals surface area (Å²) in [5.74, 6) is 0.374. The summed E-state index contributed by atoms with van der Waals surface area (Å²) in [7, 11) is 0. The second kappa shape index (κ2) is 7.31. The van der Waals surface area contributed by atoms with Gasteiger partial charge in [0.15, 0.2) is 0 Å². The number of nitrogens with zero attached hydrogens (tertiary/aromatic N) is 1. The van der Waals surface area contributed by atoms with Crippen molar-refractivity contribution in [3.63, 3.8) is 0 Å². The smallest absolute Gasteiger partial charge is 0.416 e. The standard InChI is InChI=1S/C18H19F3N2O2/c19-18(20,21)14-7-5-13(6-8-14)17(24)22-12-15(16-4-3-11-25-16)23-9-1-2-10-23/h3-8,11,15H,1-2,9-10,12H2,(H,22,24)/t15-/m0/s1. The molecular weight excluding hydrogens is 333 g/mol. The van der Waals surface area contributed by atoms with Gasteiger partial charge in [-0.15, -0.1) is 0 Å². The van der Waals surface area contributed by atoms with E-state index in [1.54, 1.807) is 12.3 Å². The maximum atomic E-state index is 12.6. The largest absolute Gasteiger partial charge is 0.468 e. The summed E-state index contributed by atoms with van der Waals surface area (Å²) in [5.41, 5.74) is -0.567. The van der Waals surface area contributed by atoms with Gasteiger partial charge >= 0.3 is 6.18 Å². The van der Waals surface area contributed by atoms with Gasteiger partial charge in [-0.1, -0.05) is 0 Å². The van der Waals surface area contributed by atoms with E-state index < -0.39 is 17.6 Å². The number of hydrogen-bond acceptors (Lipinski definition) is 3. The van der Waals surface area contributed by atoms with E-state index in [-0.39, 0.29) is 11.6 Å². The number of hydrogen-bond donors (Lipinski definition) is 1. The molecule has 1 fully saturated rings. The second-order valence-electron chi connectivity index (χ2n) is 6.06. The predicted molar refractivity (Wildman–Crippen MR) is 86.0 cm³/mol.